The molecule has 2 aromatic rings. The van der Waals surface area contributed by atoms with Crippen LogP contribution in [0.2, 0.25) is 10.0 Å². The van der Waals surface area contributed by atoms with Gasteiger partial charge in [-0.2, -0.15) is 10.2 Å². The first-order valence-corrected chi connectivity index (χ1v) is 6.10. The van der Waals surface area contributed by atoms with Gasteiger partial charge in [0.25, 0.3) is 5.91 Å². The fourth-order valence-electron chi connectivity index (χ4n) is 1.37. The average Bonchev–Trinajstić information content (AvgIpc) is 2.78. The Bertz CT molecular complexity index is 636. The highest BCUT2D eigenvalue weighted by Gasteiger charge is 2.06. The molecule has 0 aliphatic carbocycles. The van der Waals surface area contributed by atoms with Crippen LogP contribution in [0.3, 0.4) is 0 Å². The topological polar surface area (TPSA) is 59.3 Å². The highest BCUT2D eigenvalue weighted by molar-refractivity contribution is 6.42. The summed E-state index contributed by atoms with van der Waals surface area (Å²) >= 11 is 11.6. The zero-order valence-corrected chi connectivity index (χ0v) is 11.5. The Kier molecular flexibility index (Phi) is 4.19. The van der Waals surface area contributed by atoms with Crippen molar-refractivity contribution in [3.05, 3.63) is 51.8 Å². The van der Waals surface area contributed by atoms with Gasteiger partial charge in [-0.3, -0.25) is 9.48 Å². The summed E-state index contributed by atoms with van der Waals surface area (Å²) < 4.78 is 1.63. The Hall–Kier alpha value is -1.85. The summed E-state index contributed by atoms with van der Waals surface area (Å²) in [7, 11) is 1.78. The molecule has 1 amide bonds. The lowest BCUT2D eigenvalue weighted by Crippen LogP contribution is -2.17. The number of benzene rings is 1. The molecule has 7 heteroatoms. The van der Waals surface area contributed by atoms with Crippen LogP contribution in [0.15, 0.2) is 35.6 Å². The Morgan fingerprint density at radius 1 is 1.37 bits per heavy atom. The highest BCUT2D eigenvalue weighted by atomic mass is 35.5. The first kappa shape index (κ1) is 13.6. The summed E-state index contributed by atoms with van der Waals surface area (Å²) in [5, 5.41) is 8.54. The van der Waals surface area contributed by atoms with E-state index in [0.717, 1.165) is 5.69 Å². The second-order valence-corrected chi connectivity index (χ2v) is 4.52. The summed E-state index contributed by atoms with van der Waals surface area (Å²) in [5.41, 5.74) is 3.56. The Morgan fingerprint density at radius 3 is 2.79 bits per heavy atom. The number of hydrazone groups is 1. The molecule has 0 bridgehead atoms. The average molecular weight is 297 g/mol. The molecule has 1 aromatic heterocycles. The minimum absolute atomic E-state index is 0.324. The number of amides is 1. The molecule has 19 heavy (non-hydrogen) atoms. The van der Waals surface area contributed by atoms with Crippen molar-refractivity contribution in [2.75, 3.05) is 0 Å². The SMILES string of the molecule is Cn1nccc1/C=N/NC(=O)c1ccc(Cl)c(Cl)c1. The number of hydrogen-bond donors (Lipinski definition) is 1. The summed E-state index contributed by atoms with van der Waals surface area (Å²) in [6.45, 7) is 0. The molecule has 0 radical (unpaired) electrons. The van der Waals surface area contributed by atoms with Gasteiger partial charge >= 0.3 is 0 Å². The van der Waals surface area contributed by atoms with Crippen LogP contribution in [0.1, 0.15) is 16.1 Å². The third-order valence-corrected chi connectivity index (χ3v) is 3.14. The first-order valence-electron chi connectivity index (χ1n) is 5.34. The number of carbonyl (C=O) groups is 1. The van der Waals surface area contributed by atoms with Gasteiger partial charge in [-0.1, -0.05) is 23.2 Å². The lowest BCUT2D eigenvalue weighted by Gasteiger charge is -2.01. The largest absolute Gasteiger partial charge is 0.271 e. The van der Waals surface area contributed by atoms with Crippen molar-refractivity contribution in [3.63, 3.8) is 0 Å². The monoisotopic (exact) mass is 296 g/mol. The minimum Gasteiger partial charge on any atom is -0.267 e. The van der Waals surface area contributed by atoms with Crippen LogP contribution >= 0.6 is 23.2 Å². The van der Waals surface area contributed by atoms with E-state index < -0.39 is 0 Å². The third kappa shape index (κ3) is 3.33. The molecule has 1 heterocycles. The van der Waals surface area contributed by atoms with E-state index in [1.807, 2.05) is 0 Å². The minimum atomic E-state index is -0.364. The van der Waals surface area contributed by atoms with E-state index in [2.05, 4.69) is 15.6 Å². The number of nitrogens with one attached hydrogen (secondary N) is 1. The van der Waals surface area contributed by atoms with Gasteiger partial charge in [0.15, 0.2) is 0 Å². The Balaban J connectivity index is 2.03. The molecule has 0 aliphatic rings. The summed E-state index contributed by atoms with van der Waals surface area (Å²) in [5.74, 6) is -0.364. The molecule has 0 fully saturated rings. The molecule has 1 aromatic carbocycles. The van der Waals surface area contributed by atoms with Crippen LogP contribution in [-0.2, 0) is 7.05 Å². The van der Waals surface area contributed by atoms with Crippen LogP contribution < -0.4 is 5.43 Å². The van der Waals surface area contributed by atoms with Crippen LogP contribution in [0.4, 0.5) is 0 Å². The van der Waals surface area contributed by atoms with Crippen molar-refractivity contribution in [2.24, 2.45) is 12.1 Å². The molecule has 5 nitrogen and oxygen atoms in total. The molecule has 98 valence electrons. The number of carbonyl (C=O) groups excluding carboxylic acids is 1. The fourth-order valence-corrected chi connectivity index (χ4v) is 1.67. The number of aryl methyl sites for hydroxylation is 1. The van der Waals surface area contributed by atoms with Crippen molar-refractivity contribution >= 4 is 35.3 Å². The third-order valence-electron chi connectivity index (χ3n) is 2.40. The van der Waals surface area contributed by atoms with E-state index in [4.69, 9.17) is 23.2 Å². The number of hydrogen-bond acceptors (Lipinski definition) is 3. The van der Waals surface area contributed by atoms with Crippen molar-refractivity contribution in [2.45, 2.75) is 0 Å². The van der Waals surface area contributed by atoms with Crippen molar-refractivity contribution < 1.29 is 4.79 Å². The van der Waals surface area contributed by atoms with Crippen molar-refractivity contribution in [3.8, 4) is 0 Å². The highest BCUT2D eigenvalue weighted by Crippen LogP contribution is 2.22. The van der Waals surface area contributed by atoms with E-state index >= 15 is 0 Å². The normalized spacial score (nSPS) is 10.9. The van der Waals surface area contributed by atoms with Gasteiger partial charge in [0.1, 0.15) is 0 Å². The molecule has 0 atom stereocenters. The summed E-state index contributed by atoms with van der Waals surface area (Å²) in [6, 6.07) is 6.39. The van der Waals surface area contributed by atoms with Crippen molar-refractivity contribution in [1.29, 1.82) is 0 Å². The maximum absolute atomic E-state index is 11.8. The first-order chi connectivity index (χ1) is 9.08. The number of nitrogens with zero attached hydrogens (tertiary/aromatic N) is 3. The molecular formula is C12H10Cl2N4O. The molecule has 0 aliphatic heterocycles. The molecule has 0 saturated carbocycles. The molecule has 0 unspecified atom stereocenters. The van der Waals surface area contributed by atoms with Gasteiger partial charge in [0, 0.05) is 18.8 Å². The number of halogens is 2. The lowest BCUT2D eigenvalue weighted by molar-refractivity contribution is 0.0955. The number of aromatic nitrogens is 2. The summed E-state index contributed by atoms with van der Waals surface area (Å²) in [6.07, 6.45) is 3.14. The van der Waals surface area contributed by atoms with Crippen LogP contribution in [-0.4, -0.2) is 21.9 Å². The molecular weight excluding hydrogens is 287 g/mol. The summed E-state index contributed by atoms with van der Waals surface area (Å²) in [4.78, 5) is 11.8. The maximum Gasteiger partial charge on any atom is 0.271 e. The predicted octanol–water partition coefficient (Wildman–Crippen LogP) is 2.49. The van der Waals surface area contributed by atoms with E-state index in [1.165, 1.54) is 12.3 Å². The van der Waals surface area contributed by atoms with Crippen LogP contribution in [0.25, 0.3) is 0 Å². The smallest absolute Gasteiger partial charge is 0.267 e. The van der Waals surface area contributed by atoms with E-state index in [1.54, 1.807) is 36.1 Å². The standard InChI is InChI=1S/C12H10Cl2N4O/c1-18-9(4-5-16-18)7-15-17-12(19)8-2-3-10(13)11(14)6-8/h2-7H,1H3,(H,17,19)/b15-7+. The van der Waals surface area contributed by atoms with Gasteiger partial charge in [0.05, 0.1) is 22.0 Å². The zero-order valence-electron chi connectivity index (χ0n) is 9.97. The van der Waals surface area contributed by atoms with E-state index in [0.29, 0.717) is 15.6 Å². The van der Waals surface area contributed by atoms with Gasteiger partial charge in [-0.05, 0) is 24.3 Å². The number of rotatable bonds is 3. The van der Waals surface area contributed by atoms with E-state index in [-0.39, 0.29) is 5.91 Å². The molecule has 0 spiro atoms. The maximum atomic E-state index is 11.8. The predicted molar refractivity (Wildman–Crippen MR) is 74.7 cm³/mol. The van der Waals surface area contributed by atoms with E-state index in [9.17, 15) is 4.79 Å². The molecule has 0 saturated heterocycles. The Labute approximate surface area is 119 Å². The Morgan fingerprint density at radius 2 is 2.16 bits per heavy atom. The lowest BCUT2D eigenvalue weighted by atomic mass is 10.2. The fraction of sp³-hybridized carbons (Fsp3) is 0.0833. The van der Waals surface area contributed by atoms with Crippen LogP contribution in [0, 0.1) is 0 Å². The second kappa shape index (κ2) is 5.86. The van der Waals surface area contributed by atoms with Gasteiger partial charge in [-0.15, -0.1) is 0 Å². The molecule has 2 rings (SSSR count). The van der Waals surface area contributed by atoms with Gasteiger partial charge < -0.3 is 0 Å². The van der Waals surface area contributed by atoms with Gasteiger partial charge in [0.2, 0.25) is 0 Å². The second-order valence-electron chi connectivity index (χ2n) is 3.71. The quantitative estimate of drug-likeness (QED) is 0.699. The zero-order chi connectivity index (χ0) is 13.8. The molecule has 1 N–H and O–H groups in total. The van der Waals surface area contributed by atoms with Gasteiger partial charge in [-0.25, -0.2) is 5.43 Å². The van der Waals surface area contributed by atoms with Crippen LogP contribution in [0.5, 0.6) is 0 Å². The van der Waals surface area contributed by atoms with Crippen molar-refractivity contribution in [1.82, 2.24) is 15.2 Å².